The van der Waals surface area contributed by atoms with Crippen molar-refractivity contribution in [1.82, 2.24) is 19.8 Å². The number of rotatable bonds is 8. The third-order valence-electron chi connectivity index (χ3n) is 5.66. The fourth-order valence-electron chi connectivity index (χ4n) is 4.00. The highest BCUT2D eigenvalue weighted by atomic mass is 32.2. The molecule has 4 rings (SSSR count). The smallest absolute Gasteiger partial charge is 0.193 e. The summed E-state index contributed by atoms with van der Waals surface area (Å²) in [6.45, 7) is 3.83. The van der Waals surface area contributed by atoms with Crippen LogP contribution in [0.4, 0.5) is 0 Å². The maximum Gasteiger partial charge on any atom is 0.193 e. The van der Waals surface area contributed by atoms with Crippen molar-refractivity contribution < 1.29 is 0 Å². The van der Waals surface area contributed by atoms with Crippen LogP contribution in [-0.4, -0.2) is 52.8 Å². The minimum Gasteiger partial charge on any atom is -0.356 e. The van der Waals surface area contributed by atoms with Gasteiger partial charge in [0, 0.05) is 62.7 Å². The quantitative estimate of drug-likeness (QED) is 0.329. The fraction of sp³-hybridized carbons (Fsp3) is 0.360. The maximum absolute atomic E-state index is 4.56. The lowest BCUT2D eigenvalue weighted by molar-refractivity contribution is 0.474. The van der Waals surface area contributed by atoms with E-state index >= 15 is 0 Å². The number of nitrogens with one attached hydrogen (secondary N) is 1. The molecule has 1 aromatic heterocycles. The second-order valence-electron chi connectivity index (χ2n) is 7.91. The first-order valence-corrected chi connectivity index (χ1v) is 12.0. The molecule has 1 unspecified atom stereocenters. The van der Waals surface area contributed by atoms with E-state index in [1.807, 2.05) is 25.0 Å². The van der Waals surface area contributed by atoms with E-state index < -0.39 is 0 Å². The van der Waals surface area contributed by atoms with E-state index in [0.717, 1.165) is 50.1 Å². The first-order valence-electron chi connectivity index (χ1n) is 11.0. The van der Waals surface area contributed by atoms with Gasteiger partial charge in [-0.25, -0.2) is 4.98 Å². The van der Waals surface area contributed by atoms with Gasteiger partial charge in [-0.15, -0.1) is 11.8 Å². The van der Waals surface area contributed by atoms with Crippen LogP contribution in [0.2, 0.25) is 0 Å². The Hall–Kier alpha value is -2.73. The number of nitrogens with zero attached hydrogens (tertiary/aromatic N) is 4. The van der Waals surface area contributed by atoms with Crippen LogP contribution in [0.5, 0.6) is 0 Å². The van der Waals surface area contributed by atoms with Gasteiger partial charge < -0.3 is 14.8 Å². The number of hydrogen-bond acceptors (Lipinski definition) is 3. The van der Waals surface area contributed by atoms with Gasteiger partial charge in [-0.2, -0.15) is 0 Å². The van der Waals surface area contributed by atoms with Gasteiger partial charge in [0.25, 0.3) is 0 Å². The number of aliphatic imine (C=N–C) groups is 1. The molecular formula is C25H31N5S. The standard InChI is InChI=1S/C25H31N5S/c1-26-25(30-16-13-22(19-30)20-31-23-10-6-3-7-11-23)28-14-12-24-27-15-17-29(24)18-21-8-4-2-5-9-21/h2-11,15,17,22H,12-14,16,18-20H2,1H3,(H,26,28). The van der Waals surface area contributed by atoms with E-state index in [4.69, 9.17) is 0 Å². The zero-order valence-corrected chi connectivity index (χ0v) is 19.0. The van der Waals surface area contributed by atoms with Crippen LogP contribution >= 0.6 is 11.8 Å². The molecule has 6 heteroatoms. The zero-order chi connectivity index (χ0) is 21.3. The van der Waals surface area contributed by atoms with Gasteiger partial charge >= 0.3 is 0 Å². The number of guanidine groups is 1. The van der Waals surface area contributed by atoms with Crippen LogP contribution in [0.3, 0.4) is 0 Å². The summed E-state index contributed by atoms with van der Waals surface area (Å²) in [5.41, 5.74) is 1.29. The summed E-state index contributed by atoms with van der Waals surface area (Å²) < 4.78 is 2.23. The maximum atomic E-state index is 4.56. The third kappa shape index (κ3) is 6.14. The number of imidazole rings is 1. The van der Waals surface area contributed by atoms with Gasteiger partial charge in [-0.1, -0.05) is 48.5 Å². The van der Waals surface area contributed by atoms with Crippen molar-refractivity contribution in [3.8, 4) is 0 Å². The molecule has 1 fully saturated rings. The largest absolute Gasteiger partial charge is 0.356 e. The van der Waals surface area contributed by atoms with Crippen molar-refractivity contribution >= 4 is 17.7 Å². The predicted molar refractivity (Wildman–Crippen MR) is 130 cm³/mol. The summed E-state index contributed by atoms with van der Waals surface area (Å²) in [6.07, 6.45) is 6.05. The monoisotopic (exact) mass is 433 g/mol. The first-order chi connectivity index (χ1) is 15.3. The summed E-state index contributed by atoms with van der Waals surface area (Å²) in [4.78, 5) is 12.8. The molecule has 1 saturated heterocycles. The molecule has 1 aliphatic heterocycles. The Balaban J connectivity index is 1.23. The Labute approximate surface area is 189 Å². The second-order valence-corrected chi connectivity index (χ2v) is 9.00. The summed E-state index contributed by atoms with van der Waals surface area (Å²) in [5, 5.41) is 3.55. The molecule has 0 spiro atoms. The Morgan fingerprint density at radius 1 is 1.13 bits per heavy atom. The van der Waals surface area contributed by atoms with Crippen molar-refractivity contribution in [1.29, 1.82) is 0 Å². The SMILES string of the molecule is CN=C(NCCc1nccn1Cc1ccccc1)N1CCC(CSc2ccccc2)C1. The molecule has 0 saturated carbocycles. The lowest BCUT2D eigenvalue weighted by Gasteiger charge is -2.21. The van der Waals surface area contributed by atoms with Gasteiger partial charge in [0.2, 0.25) is 0 Å². The molecule has 0 bridgehead atoms. The molecule has 1 aliphatic rings. The number of benzene rings is 2. The molecular weight excluding hydrogens is 402 g/mol. The molecule has 2 aromatic carbocycles. The highest BCUT2D eigenvalue weighted by Crippen LogP contribution is 2.25. The Kier molecular flexibility index (Phi) is 7.66. The Morgan fingerprint density at radius 2 is 1.90 bits per heavy atom. The second kappa shape index (κ2) is 11.0. The van der Waals surface area contributed by atoms with Crippen LogP contribution in [-0.2, 0) is 13.0 Å². The minimum atomic E-state index is 0.702. The lowest BCUT2D eigenvalue weighted by Crippen LogP contribution is -2.41. The summed E-state index contributed by atoms with van der Waals surface area (Å²) in [6, 6.07) is 21.2. The van der Waals surface area contributed by atoms with E-state index in [-0.39, 0.29) is 0 Å². The molecule has 31 heavy (non-hydrogen) atoms. The summed E-state index contributed by atoms with van der Waals surface area (Å²) in [7, 11) is 1.88. The van der Waals surface area contributed by atoms with Crippen molar-refractivity contribution in [3.63, 3.8) is 0 Å². The zero-order valence-electron chi connectivity index (χ0n) is 18.2. The predicted octanol–water partition coefficient (Wildman–Crippen LogP) is 4.16. The van der Waals surface area contributed by atoms with E-state index in [9.17, 15) is 0 Å². The highest BCUT2D eigenvalue weighted by Gasteiger charge is 2.24. The number of likely N-dealkylation sites (tertiary alicyclic amines) is 1. The Bertz CT molecular complexity index is 954. The molecule has 5 nitrogen and oxygen atoms in total. The number of hydrogen-bond donors (Lipinski definition) is 1. The van der Waals surface area contributed by atoms with Crippen molar-refractivity contribution in [2.75, 3.05) is 32.4 Å². The van der Waals surface area contributed by atoms with E-state index in [1.165, 1.54) is 16.9 Å². The van der Waals surface area contributed by atoms with E-state index in [0.29, 0.717) is 5.92 Å². The topological polar surface area (TPSA) is 45.5 Å². The molecule has 0 aliphatic carbocycles. The van der Waals surface area contributed by atoms with Crippen molar-refractivity contribution in [2.24, 2.45) is 10.9 Å². The normalized spacial score (nSPS) is 16.6. The van der Waals surface area contributed by atoms with Gasteiger partial charge in [-0.3, -0.25) is 4.99 Å². The van der Waals surface area contributed by atoms with Crippen molar-refractivity contribution in [2.45, 2.75) is 24.3 Å². The van der Waals surface area contributed by atoms with Gasteiger partial charge in [0.15, 0.2) is 5.96 Å². The summed E-state index contributed by atoms with van der Waals surface area (Å²) >= 11 is 1.96. The van der Waals surface area contributed by atoms with Crippen LogP contribution in [0.15, 0.2) is 82.9 Å². The molecule has 1 N–H and O–H groups in total. The van der Waals surface area contributed by atoms with Crippen LogP contribution in [0.1, 0.15) is 17.8 Å². The average Bonchev–Trinajstić information content (AvgIpc) is 3.46. The first kappa shape index (κ1) is 21.5. The molecule has 0 radical (unpaired) electrons. The average molecular weight is 434 g/mol. The van der Waals surface area contributed by atoms with E-state index in [2.05, 4.69) is 91.6 Å². The minimum absolute atomic E-state index is 0.702. The summed E-state index contributed by atoms with van der Waals surface area (Å²) in [5.74, 6) is 3.97. The molecule has 2 heterocycles. The van der Waals surface area contributed by atoms with Crippen LogP contribution in [0, 0.1) is 5.92 Å². The molecule has 3 aromatic rings. The third-order valence-corrected chi connectivity index (χ3v) is 6.90. The van der Waals surface area contributed by atoms with Gasteiger partial charge in [0.05, 0.1) is 0 Å². The lowest BCUT2D eigenvalue weighted by atomic mass is 10.2. The van der Waals surface area contributed by atoms with E-state index in [1.54, 1.807) is 0 Å². The fourth-order valence-corrected chi connectivity index (χ4v) is 5.05. The molecule has 1 atom stereocenters. The van der Waals surface area contributed by atoms with Crippen LogP contribution in [0.25, 0.3) is 0 Å². The van der Waals surface area contributed by atoms with Gasteiger partial charge in [-0.05, 0) is 30.0 Å². The van der Waals surface area contributed by atoms with Gasteiger partial charge in [0.1, 0.15) is 5.82 Å². The van der Waals surface area contributed by atoms with Crippen molar-refractivity contribution in [3.05, 3.63) is 84.4 Å². The highest BCUT2D eigenvalue weighted by molar-refractivity contribution is 7.99. The Morgan fingerprint density at radius 3 is 2.68 bits per heavy atom. The van der Waals surface area contributed by atoms with Crippen LogP contribution < -0.4 is 5.32 Å². The number of aromatic nitrogens is 2. The number of thioether (sulfide) groups is 1. The molecule has 0 amide bonds. The molecule has 162 valence electrons.